The van der Waals surface area contributed by atoms with Gasteiger partial charge in [0, 0.05) is 19.3 Å². The summed E-state index contributed by atoms with van der Waals surface area (Å²) in [5.41, 5.74) is 0.782. The number of nitrogens with one attached hydrogen (secondary N) is 1. The Bertz CT molecular complexity index is 439. The van der Waals surface area contributed by atoms with E-state index >= 15 is 0 Å². The lowest BCUT2D eigenvalue weighted by atomic mass is 10.3. The van der Waals surface area contributed by atoms with Crippen molar-refractivity contribution in [1.29, 1.82) is 0 Å². The number of hydrogen-bond donors (Lipinski definition) is 2. The Morgan fingerprint density at radius 3 is 2.78 bits per heavy atom. The average Bonchev–Trinajstić information content (AvgIpc) is 2.59. The molecule has 1 atom stereocenters. The van der Waals surface area contributed by atoms with Crippen LogP contribution < -0.4 is 5.32 Å². The highest BCUT2D eigenvalue weighted by Crippen LogP contribution is 2.09. The number of carbonyl (C=O) groups excluding carboxylic acids is 1. The van der Waals surface area contributed by atoms with Crippen molar-refractivity contribution >= 4 is 11.9 Å². The molecule has 0 aliphatic carbocycles. The smallest absolute Gasteiger partial charge is 0.352 e. The highest BCUT2D eigenvalue weighted by Gasteiger charge is 2.16. The summed E-state index contributed by atoms with van der Waals surface area (Å²) in [4.78, 5) is 22.7. The lowest BCUT2D eigenvalue weighted by Gasteiger charge is -2.13. The number of carbonyl (C=O) groups is 2. The Morgan fingerprint density at radius 1 is 1.56 bits per heavy atom. The third-order valence-electron chi connectivity index (χ3n) is 2.51. The zero-order valence-corrected chi connectivity index (χ0v) is 10.8. The SMILES string of the molecule is COCC(C)NC(=O)Cn1ccc(C)c1C(=O)O. The van der Waals surface area contributed by atoms with Crippen LogP contribution in [0.15, 0.2) is 12.3 Å². The monoisotopic (exact) mass is 254 g/mol. The summed E-state index contributed by atoms with van der Waals surface area (Å²) >= 11 is 0. The fourth-order valence-electron chi connectivity index (χ4n) is 1.77. The van der Waals surface area contributed by atoms with Crippen molar-refractivity contribution in [1.82, 2.24) is 9.88 Å². The lowest BCUT2D eigenvalue weighted by molar-refractivity contribution is -0.122. The lowest BCUT2D eigenvalue weighted by Crippen LogP contribution is -2.38. The maximum Gasteiger partial charge on any atom is 0.352 e. The van der Waals surface area contributed by atoms with Crippen molar-refractivity contribution in [2.45, 2.75) is 26.4 Å². The molecule has 6 heteroatoms. The van der Waals surface area contributed by atoms with E-state index in [-0.39, 0.29) is 24.2 Å². The molecule has 1 heterocycles. The second kappa shape index (κ2) is 6.20. The van der Waals surface area contributed by atoms with Crippen molar-refractivity contribution in [3.63, 3.8) is 0 Å². The van der Waals surface area contributed by atoms with Gasteiger partial charge in [-0.1, -0.05) is 0 Å². The molecule has 0 saturated heterocycles. The first-order valence-corrected chi connectivity index (χ1v) is 5.63. The van der Waals surface area contributed by atoms with Crippen molar-refractivity contribution < 1.29 is 19.4 Å². The number of ether oxygens (including phenoxy) is 1. The van der Waals surface area contributed by atoms with Crippen LogP contribution in [0.2, 0.25) is 0 Å². The maximum atomic E-state index is 11.7. The Kier molecular flexibility index (Phi) is 4.91. The topological polar surface area (TPSA) is 80.6 Å². The molecule has 1 amide bonds. The summed E-state index contributed by atoms with van der Waals surface area (Å²) in [6.07, 6.45) is 1.60. The van der Waals surface area contributed by atoms with Gasteiger partial charge in [0.05, 0.1) is 6.61 Å². The van der Waals surface area contributed by atoms with Crippen LogP contribution in [0.25, 0.3) is 0 Å². The van der Waals surface area contributed by atoms with Crippen molar-refractivity contribution in [2.75, 3.05) is 13.7 Å². The van der Waals surface area contributed by atoms with Gasteiger partial charge in [0.25, 0.3) is 0 Å². The van der Waals surface area contributed by atoms with Crippen LogP contribution in [-0.2, 0) is 16.1 Å². The van der Waals surface area contributed by atoms with E-state index in [0.717, 1.165) is 0 Å². The van der Waals surface area contributed by atoms with Crippen LogP contribution in [0.1, 0.15) is 23.0 Å². The summed E-state index contributed by atoms with van der Waals surface area (Å²) in [6.45, 7) is 3.93. The van der Waals surface area contributed by atoms with Gasteiger partial charge in [0.1, 0.15) is 12.2 Å². The molecular weight excluding hydrogens is 236 g/mol. The molecule has 0 aromatic carbocycles. The number of aromatic carboxylic acids is 1. The van der Waals surface area contributed by atoms with E-state index in [9.17, 15) is 9.59 Å². The van der Waals surface area contributed by atoms with Gasteiger partial charge in [-0.25, -0.2) is 4.79 Å². The minimum absolute atomic E-state index is 0.0104. The van der Waals surface area contributed by atoms with E-state index in [2.05, 4.69) is 5.32 Å². The largest absolute Gasteiger partial charge is 0.477 e. The maximum absolute atomic E-state index is 11.7. The fraction of sp³-hybridized carbons (Fsp3) is 0.500. The van der Waals surface area contributed by atoms with Gasteiger partial charge >= 0.3 is 5.97 Å². The third-order valence-corrected chi connectivity index (χ3v) is 2.51. The number of methoxy groups -OCH3 is 1. The number of aromatic nitrogens is 1. The molecule has 100 valence electrons. The standard InChI is InChI=1S/C12H18N2O4/c1-8-4-5-14(11(8)12(16)17)6-10(15)13-9(2)7-18-3/h4-5,9H,6-7H2,1-3H3,(H,13,15)(H,16,17). The van der Waals surface area contributed by atoms with Gasteiger partial charge in [0.15, 0.2) is 0 Å². The predicted octanol–water partition coefficient (Wildman–Crippen LogP) is 0.646. The van der Waals surface area contributed by atoms with Gasteiger partial charge < -0.3 is 19.7 Å². The first kappa shape index (κ1) is 14.2. The zero-order chi connectivity index (χ0) is 13.7. The number of aryl methyl sites for hydroxylation is 1. The highest BCUT2D eigenvalue weighted by molar-refractivity contribution is 5.88. The number of carboxylic acids is 1. The Balaban J connectivity index is 2.68. The molecule has 0 fully saturated rings. The molecule has 0 radical (unpaired) electrons. The number of amides is 1. The van der Waals surface area contributed by atoms with Crippen molar-refractivity contribution in [3.05, 3.63) is 23.5 Å². The zero-order valence-electron chi connectivity index (χ0n) is 10.8. The molecule has 0 aliphatic rings. The van der Waals surface area contributed by atoms with Crippen molar-refractivity contribution in [2.24, 2.45) is 0 Å². The van der Waals surface area contributed by atoms with Crippen LogP contribution in [0.4, 0.5) is 0 Å². The van der Waals surface area contributed by atoms with E-state index in [1.54, 1.807) is 26.3 Å². The summed E-state index contributed by atoms with van der Waals surface area (Å²) in [5.74, 6) is -1.27. The van der Waals surface area contributed by atoms with E-state index in [4.69, 9.17) is 9.84 Å². The molecule has 1 rings (SSSR count). The molecule has 6 nitrogen and oxygen atoms in total. The average molecular weight is 254 g/mol. The molecular formula is C12H18N2O4. The van der Waals surface area contributed by atoms with Gasteiger partial charge in [0.2, 0.25) is 5.91 Å². The van der Waals surface area contributed by atoms with Crippen LogP contribution >= 0.6 is 0 Å². The summed E-state index contributed by atoms with van der Waals surface area (Å²) in [7, 11) is 1.56. The molecule has 0 spiro atoms. The minimum atomic E-state index is -1.03. The van der Waals surface area contributed by atoms with Gasteiger partial charge in [-0.15, -0.1) is 0 Å². The second-order valence-electron chi connectivity index (χ2n) is 4.20. The van der Waals surface area contributed by atoms with Crippen LogP contribution in [-0.4, -0.2) is 41.3 Å². The van der Waals surface area contributed by atoms with Crippen LogP contribution in [0.3, 0.4) is 0 Å². The highest BCUT2D eigenvalue weighted by atomic mass is 16.5. The molecule has 18 heavy (non-hydrogen) atoms. The normalized spacial score (nSPS) is 12.2. The number of carboxylic acid groups (broad SMARTS) is 1. The molecule has 2 N–H and O–H groups in total. The Hall–Kier alpha value is -1.82. The van der Waals surface area contributed by atoms with E-state index in [1.165, 1.54) is 4.57 Å². The molecule has 0 aliphatic heterocycles. The molecule has 1 aromatic rings. The Labute approximate surface area is 106 Å². The van der Waals surface area contributed by atoms with Gasteiger partial charge in [-0.05, 0) is 25.5 Å². The van der Waals surface area contributed by atoms with Crippen LogP contribution in [0, 0.1) is 6.92 Å². The molecule has 0 saturated carbocycles. The predicted molar refractivity (Wildman–Crippen MR) is 65.6 cm³/mol. The van der Waals surface area contributed by atoms with Crippen molar-refractivity contribution in [3.8, 4) is 0 Å². The van der Waals surface area contributed by atoms with Crippen LogP contribution in [0.5, 0.6) is 0 Å². The summed E-state index contributed by atoms with van der Waals surface area (Å²) < 4.78 is 6.33. The van der Waals surface area contributed by atoms with E-state index < -0.39 is 5.97 Å². The molecule has 1 aromatic heterocycles. The van der Waals surface area contributed by atoms with E-state index in [1.807, 2.05) is 6.92 Å². The second-order valence-corrected chi connectivity index (χ2v) is 4.20. The van der Waals surface area contributed by atoms with E-state index in [0.29, 0.717) is 12.2 Å². The number of rotatable bonds is 6. The fourth-order valence-corrected chi connectivity index (χ4v) is 1.77. The molecule has 1 unspecified atom stereocenters. The first-order valence-electron chi connectivity index (χ1n) is 5.63. The Morgan fingerprint density at radius 2 is 2.22 bits per heavy atom. The third kappa shape index (κ3) is 3.59. The summed E-state index contributed by atoms with van der Waals surface area (Å²) in [5, 5.41) is 11.8. The minimum Gasteiger partial charge on any atom is -0.477 e. The van der Waals surface area contributed by atoms with Gasteiger partial charge in [-0.2, -0.15) is 0 Å². The first-order chi connectivity index (χ1) is 8.45. The molecule has 0 bridgehead atoms. The van der Waals surface area contributed by atoms with Gasteiger partial charge in [-0.3, -0.25) is 4.79 Å². The summed E-state index contributed by atoms with van der Waals surface area (Å²) in [6, 6.07) is 1.57. The number of nitrogens with zero attached hydrogens (tertiary/aromatic N) is 1. The quantitative estimate of drug-likeness (QED) is 0.781. The number of hydrogen-bond acceptors (Lipinski definition) is 3.